The fourth-order valence-corrected chi connectivity index (χ4v) is 13.2. The third-order valence-corrected chi connectivity index (χ3v) is 14.7. The lowest BCUT2D eigenvalue weighted by Crippen LogP contribution is -2.41. The van der Waals surface area contributed by atoms with Gasteiger partial charge in [-0.15, -0.1) is 12.3 Å². The monoisotopic (exact) mass is 342 g/mol. The Bertz CT molecular complexity index is 628. The Labute approximate surface area is 145 Å². The summed E-state index contributed by atoms with van der Waals surface area (Å²) in [4.78, 5) is 0. The van der Waals surface area contributed by atoms with E-state index in [0.717, 1.165) is 0 Å². The molecule has 0 aliphatic heterocycles. The number of allylic oxidation sites excluding steroid dienone is 8. The van der Waals surface area contributed by atoms with Gasteiger partial charge in [0.25, 0.3) is 0 Å². The van der Waals surface area contributed by atoms with Crippen LogP contribution in [0.3, 0.4) is 0 Å². The van der Waals surface area contributed by atoms with Crippen LogP contribution in [0.15, 0.2) is 57.6 Å². The molecule has 0 aromatic rings. The smallest absolute Gasteiger partial charge is 0.107 e. The van der Waals surface area contributed by atoms with Crippen molar-refractivity contribution in [1.82, 2.24) is 0 Å². The molecule has 2 unspecified atom stereocenters. The molecule has 0 N–H and O–H groups in total. The summed E-state index contributed by atoms with van der Waals surface area (Å²) in [5.41, 5.74) is 7.04. The Balaban J connectivity index is 2.42. The van der Waals surface area contributed by atoms with Crippen LogP contribution in [0.25, 0.3) is 0 Å². The Morgan fingerprint density at radius 2 is 1.78 bits per heavy atom. The summed E-state index contributed by atoms with van der Waals surface area (Å²) in [5.74, 6) is 0.640. The van der Waals surface area contributed by atoms with Crippen molar-refractivity contribution in [3.8, 4) is 0 Å². The van der Waals surface area contributed by atoms with E-state index in [0.29, 0.717) is 5.92 Å². The Morgan fingerprint density at radius 1 is 1.13 bits per heavy atom. The van der Waals surface area contributed by atoms with Gasteiger partial charge in [-0.1, -0.05) is 78.4 Å². The van der Waals surface area contributed by atoms with Crippen LogP contribution in [-0.4, -0.2) is 16.1 Å². The van der Waals surface area contributed by atoms with Crippen molar-refractivity contribution in [2.24, 2.45) is 5.92 Å². The van der Waals surface area contributed by atoms with Gasteiger partial charge in [0.1, 0.15) is 8.07 Å². The molecule has 0 fully saturated rings. The average molecular weight is 343 g/mol. The van der Waals surface area contributed by atoms with Gasteiger partial charge in [0.05, 0.1) is 8.07 Å². The van der Waals surface area contributed by atoms with Gasteiger partial charge in [0.2, 0.25) is 0 Å². The van der Waals surface area contributed by atoms with E-state index in [1.807, 2.05) is 5.20 Å². The van der Waals surface area contributed by atoms with Crippen LogP contribution in [0.2, 0.25) is 31.7 Å². The van der Waals surface area contributed by atoms with Crippen molar-refractivity contribution in [3.63, 3.8) is 0 Å². The molecule has 2 aliphatic rings. The molecule has 2 heteroatoms. The van der Waals surface area contributed by atoms with Crippen molar-refractivity contribution in [2.75, 3.05) is 0 Å². The van der Waals surface area contributed by atoms with E-state index in [9.17, 15) is 0 Å². The van der Waals surface area contributed by atoms with Crippen LogP contribution in [0.5, 0.6) is 0 Å². The number of hydrogen-bond acceptors (Lipinski definition) is 0. The van der Waals surface area contributed by atoms with Crippen LogP contribution in [-0.2, 0) is 0 Å². The van der Waals surface area contributed by atoms with Gasteiger partial charge in [-0.2, -0.15) is 0 Å². The topological polar surface area (TPSA) is 0 Å². The predicted octanol–water partition coefficient (Wildman–Crippen LogP) is 6.77. The molecule has 0 bridgehead atoms. The fourth-order valence-electron chi connectivity index (χ4n) is 4.25. The minimum atomic E-state index is -1.60. The lowest BCUT2D eigenvalue weighted by molar-refractivity contribution is 0.844. The second-order valence-corrected chi connectivity index (χ2v) is 17.6. The first-order valence-corrected chi connectivity index (χ1v) is 15.0. The van der Waals surface area contributed by atoms with Gasteiger partial charge >= 0.3 is 0 Å². The fraction of sp³-hybridized carbons (Fsp3) is 0.524. The first kappa shape index (κ1) is 18.5. The standard InChI is InChI=1S/C21H34Si2/c1-9-22(6,7)14-15-23(8,20-12-10-11-13-20)21-18(4)16(2)17(3)19(21)5/h9-12,18H,1,13-15H2,2-8H3. The Hall–Kier alpha value is -0.866. The van der Waals surface area contributed by atoms with Gasteiger partial charge in [-0.05, 0) is 38.7 Å². The van der Waals surface area contributed by atoms with Crippen molar-refractivity contribution < 1.29 is 0 Å². The van der Waals surface area contributed by atoms with Gasteiger partial charge in [-0.3, -0.25) is 0 Å². The summed E-state index contributed by atoms with van der Waals surface area (Å²) < 4.78 is 0. The summed E-state index contributed by atoms with van der Waals surface area (Å²) in [6.45, 7) is 21.2. The second-order valence-electron chi connectivity index (χ2n) is 8.42. The molecule has 0 saturated carbocycles. The van der Waals surface area contributed by atoms with E-state index in [-0.39, 0.29) is 0 Å². The Morgan fingerprint density at radius 3 is 2.22 bits per heavy atom. The summed E-state index contributed by atoms with van der Waals surface area (Å²) in [6, 6.07) is 2.77. The third kappa shape index (κ3) is 3.34. The zero-order chi connectivity index (χ0) is 17.4. The molecule has 2 aliphatic carbocycles. The Kier molecular flexibility index (Phi) is 5.27. The second kappa shape index (κ2) is 6.56. The highest BCUT2D eigenvalue weighted by molar-refractivity contribution is 6.94. The molecule has 2 atom stereocenters. The van der Waals surface area contributed by atoms with Crippen LogP contribution >= 0.6 is 0 Å². The maximum Gasteiger partial charge on any atom is 0.107 e. The molecular weight excluding hydrogens is 308 g/mol. The number of hydrogen-bond donors (Lipinski definition) is 0. The van der Waals surface area contributed by atoms with E-state index >= 15 is 0 Å². The van der Waals surface area contributed by atoms with E-state index in [4.69, 9.17) is 0 Å². The van der Waals surface area contributed by atoms with Crippen LogP contribution < -0.4 is 0 Å². The summed E-state index contributed by atoms with van der Waals surface area (Å²) >= 11 is 0. The summed E-state index contributed by atoms with van der Waals surface area (Å²) in [6.07, 6.45) is 8.24. The van der Waals surface area contributed by atoms with Crippen LogP contribution in [0, 0.1) is 5.92 Å². The molecule has 2 rings (SSSR count). The third-order valence-electron chi connectivity index (χ3n) is 6.54. The van der Waals surface area contributed by atoms with Crippen molar-refractivity contribution >= 4 is 16.1 Å². The van der Waals surface area contributed by atoms with Crippen molar-refractivity contribution in [3.05, 3.63) is 57.6 Å². The molecule has 126 valence electrons. The van der Waals surface area contributed by atoms with E-state index in [2.05, 4.69) is 77.8 Å². The van der Waals surface area contributed by atoms with Gasteiger partial charge in [0, 0.05) is 0 Å². The highest BCUT2D eigenvalue weighted by Gasteiger charge is 2.42. The van der Waals surface area contributed by atoms with Gasteiger partial charge < -0.3 is 0 Å². The zero-order valence-corrected chi connectivity index (χ0v) is 18.2. The van der Waals surface area contributed by atoms with Gasteiger partial charge in [0.15, 0.2) is 0 Å². The lowest BCUT2D eigenvalue weighted by Gasteiger charge is -2.37. The zero-order valence-electron chi connectivity index (χ0n) is 16.2. The van der Waals surface area contributed by atoms with E-state index < -0.39 is 16.1 Å². The largest absolute Gasteiger partial charge is 0.107 e. The van der Waals surface area contributed by atoms with Crippen molar-refractivity contribution in [1.29, 1.82) is 0 Å². The molecule has 0 amide bonds. The van der Waals surface area contributed by atoms with E-state index in [1.165, 1.54) is 18.5 Å². The highest BCUT2D eigenvalue weighted by Crippen LogP contribution is 2.47. The molecule has 0 nitrogen and oxygen atoms in total. The van der Waals surface area contributed by atoms with Crippen molar-refractivity contribution in [2.45, 2.75) is 65.8 Å². The van der Waals surface area contributed by atoms with E-state index in [1.54, 1.807) is 21.9 Å². The minimum Gasteiger partial charge on any atom is -0.107 e. The summed E-state index contributed by atoms with van der Waals surface area (Å²) in [5, 5.41) is 3.56. The number of rotatable bonds is 6. The first-order chi connectivity index (χ1) is 10.6. The van der Waals surface area contributed by atoms with Gasteiger partial charge in [-0.25, -0.2) is 0 Å². The maximum absolute atomic E-state index is 4.11. The molecule has 23 heavy (non-hydrogen) atoms. The first-order valence-electron chi connectivity index (χ1n) is 9.03. The molecule has 0 saturated heterocycles. The quantitative estimate of drug-likeness (QED) is 0.467. The molecule has 0 aromatic heterocycles. The molecule has 0 radical (unpaired) electrons. The normalized spacial score (nSPS) is 24.3. The van der Waals surface area contributed by atoms with Crippen LogP contribution in [0.1, 0.15) is 34.1 Å². The average Bonchev–Trinajstić information content (AvgIpc) is 3.11. The predicted molar refractivity (Wildman–Crippen MR) is 111 cm³/mol. The molecule has 0 heterocycles. The SMILES string of the molecule is C=C[Si](C)(C)CC[Si](C)(C1=CC=CC1)C1=C(C)C(C)=C(C)C1C. The highest BCUT2D eigenvalue weighted by atomic mass is 28.3. The molecule has 0 aromatic carbocycles. The lowest BCUT2D eigenvalue weighted by atomic mass is 10.1. The van der Waals surface area contributed by atoms with Crippen LogP contribution in [0.4, 0.5) is 0 Å². The molecular formula is C21H34Si2. The summed E-state index contributed by atoms with van der Waals surface area (Å²) in [7, 11) is -2.85. The molecule has 0 spiro atoms. The maximum atomic E-state index is 4.11. The minimum absolute atomic E-state index is 0.640.